The summed E-state index contributed by atoms with van der Waals surface area (Å²) in [4.78, 5) is 13.3. The van der Waals surface area contributed by atoms with Crippen molar-refractivity contribution in [2.24, 2.45) is 34.0 Å². The smallest absolute Gasteiger partial charge is 0.205 e. The van der Waals surface area contributed by atoms with E-state index in [-0.39, 0.29) is 35.6 Å². The van der Waals surface area contributed by atoms with E-state index in [9.17, 15) is 20.1 Å². The van der Waals surface area contributed by atoms with Crippen LogP contribution in [0.2, 0.25) is 0 Å². The van der Waals surface area contributed by atoms with E-state index in [0.717, 1.165) is 19.3 Å². The van der Waals surface area contributed by atoms with Crippen LogP contribution in [0.1, 0.15) is 46.0 Å². The second-order valence-electron chi connectivity index (χ2n) is 9.92. The number of hydrogen-bond acceptors (Lipinski definition) is 5. The Morgan fingerprint density at radius 2 is 1.92 bits per heavy atom. The molecule has 6 aliphatic rings. The number of ketones is 1. The highest BCUT2D eigenvalue weighted by atomic mass is 16.6. The van der Waals surface area contributed by atoms with Gasteiger partial charge in [0.2, 0.25) is 5.79 Å². The Labute approximate surface area is 148 Å². The van der Waals surface area contributed by atoms with Gasteiger partial charge in [0.15, 0.2) is 5.78 Å². The molecule has 6 rings (SSSR count). The van der Waals surface area contributed by atoms with Crippen LogP contribution in [0, 0.1) is 34.0 Å². The third kappa shape index (κ3) is 1.44. The fourth-order valence-electron chi connectivity index (χ4n) is 7.82. The highest BCUT2D eigenvalue weighted by molar-refractivity contribution is 6.04. The van der Waals surface area contributed by atoms with E-state index < -0.39 is 28.8 Å². The van der Waals surface area contributed by atoms with Crippen LogP contribution in [-0.4, -0.2) is 45.7 Å². The molecule has 0 aromatic rings. The van der Waals surface area contributed by atoms with Crippen LogP contribution in [0.3, 0.4) is 0 Å². The second-order valence-corrected chi connectivity index (χ2v) is 9.92. The first-order chi connectivity index (χ1) is 11.6. The molecule has 5 nitrogen and oxygen atoms in total. The Kier molecular flexibility index (Phi) is 2.88. The second kappa shape index (κ2) is 4.38. The molecular weight excluding hydrogens is 320 g/mol. The van der Waals surface area contributed by atoms with Gasteiger partial charge in [0, 0.05) is 11.3 Å². The van der Waals surface area contributed by atoms with Gasteiger partial charge in [-0.2, -0.15) is 0 Å². The van der Waals surface area contributed by atoms with Crippen molar-refractivity contribution in [2.75, 3.05) is 6.61 Å². The molecule has 2 aliphatic heterocycles. The van der Waals surface area contributed by atoms with E-state index >= 15 is 0 Å². The van der Waals surface area contributed by atoms with Crippen LogP contribution in [-0.2, 0) is 9.53 Å². The fourth-order valence-corrected chi connectivity index (χ4v) is 7.82. The first-order valence-electron chi connectivity index (χ1n) is 9.59. The van der Waals surface area contributed by atoms with Gasteiger partial charge >= 0.3 is 0 Å². The Morgan fingerprint density at radius 3 is 2.64 bits per heavy atom. The van der Waals surface area contributed by atoms with Gasteiger partial charge in [-0.3, -0.25) is 4.79 Å². The molecule has 4 saturated carbocycles. The summed E-state index contributed by atoms with van der Waals surface area (Å²) in [7, 11) is 0. The monoisotopic (exact) mass is 348 g/mol. The molecule has 4 aliphatic carbocycles. The lowest BCUT2D eigenvalue weighted by Gasteiger charge is -2.74. The van der Waals surface area contributed by atoms with Crippen molar-refractivity contribution in [1.82, 2.24) is 0 Å². The van der Waals surface area contributed by atoms with Gasteiger partial charge in [-0.05, 0) is 54.9 Å². The molecule has 2 heterocycles. The lowest BCUT2D eigenvalue weighted by molar-refractivity contribution is -0.448. The molecule has 25 heavy (non-hydrogen) atoms. The Bertz CT molecular complexity index is 686. The third-order valence-electron chi connectivity index (χ3n) is 8.81. The summed E-state index contributed by atoms with van der Waals surface area (Å²) in [6.45, 7) is 8.41. The molecule has 138 valence electrons. The maximum absolute atomic E-state index is 13.3. The summed E-state index contributed by atoms with van der Waals surface area (Å²) in [6, 6.07) is 0. The predicted molar refractivity (Wildman–Crippen MR) is 89.3 cm³/mol. The molecular formula is C20H28O5. The van der Waals surface area contributed by atoms with Crippen molar-refractivity contribution in [3.8, 4) is 0 Å². The van der Waals surface area contributed by atoms with Gasteiger partial charge in [0.25, 0.3) is 0 Å². The molecule has 0 radical (unpaired) electrons. The summed E-state index contributed by atoms with van der Waals surface area (Å²) in [5.41, 5.74) is -1.48. The number of Topliss-reactive ketones (excluding diaryl/α,β-unsaturated/α-hetero) is 1. The van der Waals surface area contributed by atoms with E-state index in [2.05, 4.69) is 20.4 Å². The van der Waals surface area contributed by atoms with Crippen molar-refractivity contribution in [2.45, 2.75) is 63.9 Å². The maximum Gasteiger partial charge on any atom is 0.205 e. The largest absolute Gasteiger partial charge is 0.392 e. The normalized spacial score (nSPS) is 58.8. The van der Waals surface area contributed by atoms with Crippen LogP contribution < -0.4 is 0 Å². The summed E-state index contributed by atoms with van der Waals surface area (Å²) >= 11 is 0. The molecule has 1 unspecified atom stereocenters. The first kappa shape index (κ1) is 16.4. The zero-order valence-corrected chi connectivity index (χ0v) is 15.0. The van der Waals surface area contributed by atoms with Crippen LogP contribution >= 0.6 is 0 Å². The van der Waals surface area contributed by atoms with Crippen LogP contribution in [0.4, 0.5) is 0 Å². The topological polar surface area (TPSA) is 87.0 Å². The van der Waals surface area contributed by atoms with Gasteiger partial charge in [-0.15, -0.1) is 0 Å². The van der Waals surface area contributed by atoms with Crippen molar-refractivity contribution in [3.63, 3.8) is 0 Å². The van der Waals surface area contributed by atoms with Crippen LogP contribution in [0.15, 0.2) is 12.2 Å². The lowest BCUT2D eigenvalue weighted by atomic mass is 9.36. The van der Waals surface area contributed by atoms with Crippen LogP contribution in [0.25, 0.3) is 0 Å². The van der Waals surface area contributed by atoms with Gasteiger partial charge in [-0.1, -0.05) is 20.4 Å². The van der Waals surface area contributed by atoms with Crippen molar-refractivity contribution >= 4 is 5.78 Å². The molecule has 0 aromatic carbocycles. The number of carbonyl (C=O) groups is 1. The molecule has 0 amide bonds. The van der Waals surface area contributed by atoms with Crippen molar-refractivity contribution in [3.05, 3.63) is 12.2 Å². The SMILES string of the molecule is C=C1C(=O)[C@@]23C[C@H]1CC[C@@H]2[C@]12COC3(O)[C@H](O)[C@H]1C(C)(C)CC[C@H]2O. The minimum atomic E-state index is -1.87. The number of carbonyl (C=O) groups excluding carboxylic acids is 1. The highest BCUT2D eigenvalue weighted by Crippen LogP contribution is 2.76. The Hall–Kier alpha value is -0.750. The molecule has 2 spiro atoms. The summed E-state index contributed by atoms with van der Waals surface area (Å²) in [6.07, 6.45) is 1.77. The number of aliphatic hydroxyl groups is 3. The first-order valence-corrected chi connectivity index (χ1v) is 9.59. The van der Waals surface area contributed by atoms with E-state index in [1.807, 2.05) is 0 Å². The number of hydrogen-bond donors (Lipinski definition) is 3. The number of fused-ring (bicyclic) bond motifs is 2. The molecule has 0 aromatic heterocycles. The molecule has 6 fully saturated rings. The summed E-state index contributed by atoms with van der Waals surface area (Å²) in [5, 5.41) is 34.0. The minimum Gasteiger partial charge on any atom is -0.392 e. The number of allylic oxidation sites excluding steroid dienone is 1. The summed E-state index contributed by atoms with van der Waals surface area (Å²) in [5.74, 6) is -2.39. The molecule has 5 heteroatoms. The molecule has 2 saturated heterocycles. The average Bonchev–Trinajstić information content (AvgIpc) is 2.75. The zero-order chi connectivity index (χ0) is 18.0. The number of ether oxygens (including phenoxy) is 1. The third-order valence-corrected chi connectivity index (χ3v) is 8.81. The molecule has 8 atom stereocenters. The quantitative estimate of drug-likeness (QED) is 0.576. The van der Waals surface area contributed by atoms with Crippen molar-refractivity contribution in [1.29, 1.82) is 0 Å². The van der Waals surface area contributed by atoms with Gasteiger partial charge in [0.05, 0.1) is 18.1 Å². The maximum atomic E-state index is 13.3. The van der Waals surface area contributed by atoms with E-state index in [4.69, 9.17) is 4.74 Å². The zero-order valence-electron chi connectivity index (χ0n) is 15.0. The van der Waals surface area contributed by atoms with Gasteiger partial charge in [-0.25, -0.2) is 0 Å². The van der Waals surface area contributed by atoms with E-state index in [1.54, 1.807) is 0 Å². The lowest BCUT2D eigenvalue weighted by Crippen LogP contribution is -2.83. The summed E-state index contributed by atoms with van der Waals surface area (Å²) < 4.78 is 5.89. The molecule has 3 N–H and O–H groups in total. The highest BCUT2D eigenvalue weighted by Gasteiger charge is 2.84. The standard InChI is InChI=1S/C20H28O5/c1-10-11-4-5-12-18-9-25-20(24,19(12,8-11)15(10)22)16(23)14(18)17(2,3)7-6-13(18)21/h11-14,16,21,23-24H,1,4-9H2,2-3H3/t11-,12-,13-,14+,16-,18+,19-,20?/m1/s1. The van der Waals surface area contributed by atoms with Gasteiger partial charge in [0.1, 0.15) is 6.10 Å². The van der Waals surface area contributed by atoms with Crippen LogP contribution in [0.5, 0.6) is 0 Å². The fraction of sp³-hybridized carbons (Fsp3) is 0.850. The predicted octanol–water partition coefficient (Wildman–Crippen LogP) is 1.40. The average molecular weight is 348 g/mol. The van der Waals surface area contributed by atoms with Crippen molar-refractivity contribution < 1.29 is 24.9 Å². The van der Waals surface area contributed by atoms with Gasteiger partial charge < -0.3 is 20.1 Å². The molecule has 4 bridgehead atoms. The number of rotatable bonds is 0. The Balaban J connectivity index is 1.79. The number of aliphatic hydroxyl groups excluding tert-OH is 2. The Morgan fingerprint density at radius 1 is 1.20 bits per heavy atom. The van der Waals surface area contributed by atoms with E-state index in [0.29, 0.717) is 18.4 Å². The minimum absolute atomic E-state index is 0.0616. The van der Waals surface area contributed by atoms with E-state index in [1.165, 1.54) is 0 Å².